The lowest BCUT2D eigenvalue weighted by molar-refractivity contribution is -0.122. The average Bonchev–Trinajstić information content (AvgIpc) is 2.60. The molecule has 0 radical (unpaired) electrons. The molecule has 20 heavy (non-hydrogen) atoms. The zero-order valence-electron chi connectivity index (χ0n) is 13.1. The number of likely N-dealkylation sites (N-methyl/N-ethyl adjacent to an activating group) is 1. The molecule has 2 heterocycles. The summed E-state index contributed by atoms with van der Waals surface area (Å²) >= 11 is 0. The molecule has 2 bridgehead atoms. The number of nitrogens with zero attached hydrogens (tertiary/aromatic N) is 2. The molecule has 2 rings (SSSR count). The molecule has 0 aliphatic carbocycles. The van der Waals surface area contributed by atoms with Crippen LogP contribution in [0.25, 0.3) is 0 Å². The fourth-order valence-corrected chi connectivity index (χ4v) is 3.62. The Kier molecular flexibility index (Phi) is 5.41. The SMILES string of the molecule is CC(C)NC(=O)CC(CN)N1CCC2CCC(C1)N2C. The molecule has 2 fully saturated rings. The Bertz CT molecular complexity index is 334. The summed E-state index contributed by atoms with van der Waals surface area (Å²) in [5.74, 6) is 0.123. The van der Waals surface area contributed by atoms with E-state index < -0.39 is 0 Å². The monoisotopic (exact) mass is 282 g/mol. The van der Waals surface area contributed by atoms with E-state index in [4.69, 9.17) is 5.73 Å². The van der Waals surface area contributed by atoms with Gasteiger partial charge in [0.2, 0.25) is 5.91 Å². The van der Waals surface area contributed by atoms with Crippen LogP contribution in [0.5, 0.6) is 0 Å². The van der Waals surface area contributed by atoms with Crippen LogP contribution < -0.4 is 11.1 Å². The van der Waals surface area contributed by atoms with Crippen LogP contribution in [0.1, 0.15) is 39.5 Å². The fraction of sp³-hybridized carbons (Fsp3) is 0.933. The maximum absolute atomic E-state index is 12.0. The second-order valence-electron chi connectivity index (χ2n) is 6.65. The van der Waals surface area contributed by atoms with E-state index in [-0.39, 0.29) is 18.0 Å². The zero-order valence-corrected chi connectivity index (χ0v) is 13.1. The van der Waals surface area contributed by atoms with Crippen molar-refractivity contribution >= 4 is 5.91 Å². The molecule has 0 spiro atoms. The van der Waals surface area contributed by atoms with Crippen LogP contribution in [-0.4, -0.2) is 66.6 Å². The van der Waals surface area contributed by atoms with Crippen molar-refractivity contribution < 1.29 is 4.79 Å². The molecule has 0 aromatic rings. The van der Waals surface area contributed by atoms with Gasteiger partial charge in [-0.2, -0.15) is 0 Å². The normalized spacial score (nSPS) is 29.4. The van der Waals surface area contributed by atoms with Crippen molar-refractivity contribution in [3.8, 4) is 0 Å². The van der Waals surface area contributed by atoms with Crippen molar-refractivity contribution in [3.63, 3.8) is 0 Å². The predicted octanol–water partition coefficient (Wildman–Crippen LogP) is 0.397. The van der Waals surface area contributed by atoms with Crippen LogP contribution >= 0.6 is 0 Å². The average molecular weight is 282 g/mol. The second kappa shape index (κ2) is 6.87. The number of hydrogen-bond donors (Lipinski definition) is 2. The molecular formula is C15H30N4O. The van der Waals surface area contributed by atoms with E-state index in [1.54, 1.807) is 0 Å². The smallest absolute Gasteiger partial charge is 0.221 e. The third-order valence-corrected chi connectivity index (χ3v) is 4.84. The van der Waals surface area contributed by atoms with Crippen LogP contribution in [0.2, 0.25) is 0 Å². The Morgan fingerprint density at radius 3 is 2.65 bits per heavy atom. The van der Waals surface area contributed by atoms with Gasteiger partial charge in [0.1, 0.15) is 0 Å². The highest BCUT2D eigenvalue weighted by atomic mass is 16.1. The number of carbonyl (C=O) groups is 1. The van der Waals surface area contributed by atoms with Gasteiger partial charge in [-0.3, -0.25) is 14.6 Å². The van der Waals surface area contributed by atoms with Crippen molar-refractivity contribution in [1.29, 1.82) is 0 Å². The molecular weight excluding hydrogens is 252 g/mol. The predicted molar refractivity (Wildman–Crippen MR) is 81.5 cm³/mol. The highest BCUT2D eigenvalue weighted by Crippen LogP contribution is 2.29. The number of amides is 1. The Balaban J connectivity index is 1.92. The maximum atomic E-state index is 12.0. The number of likely N-dealkylation sites (tertiary alicyclic amines) is 1. The number of hydrogen-bond acceptors (Lipinski definition) is 4. The minimum atomic E-state index is 0.123. The van der Waals surface area contributed by atoms with Gasteiger partial charge < -0.3 is 11.1 Å². The van der Waals surface area contributed by atoms with E-state index in [1.807, 2.05) is 13.8 Å². The summed E-state index contributed by atoms with van der Waals surface area (Å²) in [7, 11) is 2.24. The van der Waals surface area contributed by atoms with Crippen molar-refractivity contribution in [2.75, 3.05) is 26.7 Å². The first-order chi connectivity index (χ1) is 9.51. The summed E-state index contributed by atoms with van der Waals surface area (Å²) in [4.78, 5) is 16.9. The molecule has 3 unspecified atom stereocenters. The molecule has 0 aromatic heterocycles. The molecule has 2 aliphatic rings. The maximum Gasteiger partial charge on any atom is 0.221 e. The minimum Gasteiger partial charge on any atom is -0.354 e. The molecule has 3 atom stereocenters. The molecule has 5 heteroatoms. The molecule has 0 aromatic carbocycles. The van der Waals surface area contributed by atoms with Gasteiger partial charge >= 0.3 is 0 Å². The van der Waals surface area contributed by atoms with E-state index in [2.05, 4.69) is 22.2 Å². The third kappa shape index (κ3) is 3.71. The third-order valence-electron chi connectivity index (χ3n) is 4.84. The number of carbonyl (C=O) groups excluding carboxylic acids is 1. The van der Waals surface area contributed by atoms with Gasteiger partial charge in [0.15, 0.2) is 0 Å². The van der Waals surface area contributed by atoms with Gasteiger partial charge in [0, 0.05) is 50.2 Å². The van der Waals surface area contributed by atoms with Crippen LogP contribution in [0, 0.1) is 0 Å². The first-order valence-corrected chi connectivity index (χ1v) is 7.96. The first-order valence-electron chi connectivity index (χ1n) is 7.96. The Morgan fingerprint density at radius 2 is 2.00 bits per heavy atom. The molecule has 0 saturated carbocycles. The highest BCUT2D eigenvalue weighted by molar-refractivity contribution is 5.76. The van der Waals surface area contributed by atoms with Gasteiger partial charge in [-0.25, -0.2) is 0 Å². The summed E-state index contributed by atoms with van der Waals surface area (Å²) in [6, 6.07) is 1.76. The number of nitrogens with one attached hydrogen (secondary N) is 1. The van der Waals surface area contributed by atoms with E-state index in [1.165, 1.54) is 19.3 Å². The van der Waals surface area contributed by atoms with Crippen LogP contribution in [-0.2, 0) is 4.79 Å². The molecule has 5 nitrogen and oxygen atoms in total. The van der Waals surface area contributed by atoms with Gasteiger partial charge in [-0.05, 0) is 40.2 Å². The fourth-order valence-electron chi connectivity index (χ4n) is 3.62. The zero-order chi connectivity index (χ0) is 14.7. The summed E-state index contributed by atoms with van der Waals surface area (Å²) in [5, 5.41) is 2.97. The van der Waals surface area contributed by atoms with Crippen LogP contribution in [0.15, 0.2) is 0 Å². The Hall–Kier alpha value is -0.650. The number of nitrogens with two attached hydrogens (primary N) is 1. The summed E-state index contributed by atoms with van der Waals surface area (Å²) in [6.07, 6.45) is 4.34. The molecule has 2 aliphatic heterocycles. The standard InChI is InChI=1S/C15H30N4O/c1-11(2)17-15(20)8-14(9-16)19-7-6-12-4-5-13(10-19)18(12)3/h11-14H,4-10,16H2,1-3H3,(H,17,20). The topological polar surface area (TPSA) is 61.6 Å². The van der Waals surface area contributed by atoms with E-state index in [9.17, 15) is 4.79 Å². The number of fused-ring (bicyclic) bond motifs is 2. The molecule has 2 saturated heterocycles. The summed E-state index contributed by atoms with van der Waals surface area (Å²) in [5.41, 5.74) is 5.93. The van der Waals surface area contributed by atoms with Crippen molar-refractivity contribution in [1.82, 2.24) is 15.1 Å². The van der Waals surface area contributed by atoms with Crippen LogP contribution in [0.4, 0.5) is 0 Å². The lowest BCUT2D eigenvalue weighted by Crippen LogP contribution is -2.48. The first kappa shape index (κ1) is 15.7. The van der Waals surface area contributed by atoms with Gasteiger partial charge in [0.05, 0.1) is 0 Å². The number of rotatable bonds is 5. The highest BCUT2D eigenvalue weighted by Gasteiger charge is 2.36. The lowest BCUT2D eigenvalue weighted by Gasteiger charge is -2.32. The van der Waals surface area contributed by atoms with Gasteiger partial charge in [-0.15, -0.1) is 0 Å². The Labute approximate surface area is 122 Å². The van der Waals surface area contributed by atoms with E-state index >= 15 is 0 Å². The van der Waals surface area contributed by atoms with Crippen LogP contribution in [0.3, 0.4) is 0 Å². The van der Waals surface area contributed by atoms with Gasteiger partial charge in [-0.1, -0.05) is 0 Å². The van der Waals surface area contributed by atoms with E-state index in [0.29, 0.717) is 19.0 Å². The van der Waals surface area contributed by atoms with Crippen molar-refractivity contribution in [2.24, 2.45) is 5.73 Å². The summed E-state index contributed by atoms with van der Waals surface area (Å²) in [6.45, 7) is 6.68. The quantitative estimate of drug-likeness (QED) is 0.766. The second-order valence-corrected chi connectivity index (χ2v) is 6.65. The Morgan fingerprint density at radius 1 is 1.30 bits per heavy atom. The van der Waals surface area contributed by atoms with Crippen molar-refractivity contribution in [2.45, 2.75) is 63.7 Å². The molecule has 1 amide bonds. The molecule has 3 N–H and O–H groups in total. The lowest BCUT2D eigenvalue weighted by atomic mass is 10.0. The van der Waals surface area contributed by atoms with Gasteiger partial charge in [0.25, 0.3) is 0 Å². The minimum absolute atomic E-state index is 0.123. The molecule has 116 valence electrons. The van der Waals surface area contributed by atoms with Crippen molar-refractivity contribution in [3.05, 3.63) is 0 Å². The summed E-state index contributed by atoms with van der Waals surface area (Å²) < 4.78 is 0. The largest absolute Gasteiger partial charge is 0.354 e. The van der Waals surface area contributed by atoms with E-state index in [0.717, 1.165) is 19.1 Å².